The van der Waals surface area contributed by atoms with Gasteiger partial charge in [-0.1, -0.05) is 6.92 Å². The van der Waals surface area contributed by atoms with Crippen LogP contribution in [0.25, 0.3) is 0 Å². The Hall–Kier alpha value is -2.70. The van der Waals surface area contributed by atoms with Crippen molar-refractivity contribution in [3.8, 4) is 5.75 Å². The predicted octanol–water partition coefficient (Wildman–Crippen LogP) is 3.10. The highest BCUT2D eigenvalue weighted by atomic mass is 19.1. The van der Waals surface area contributed by atoms with Gasteiger partial charge in [0.15, 0.2) is 17.3 Å². The van der Waals surface area contributed by atoms with E-state index in [1.165, 1.54) is 19.2 Å². The molecule has 28 heavy (non-hydrogen) atoms. The van der Waals surface area contributed by atoms with Crippen molar-refractivity contribution in [1.82, 2.24) is 14.5 Å². The molecule has 0 unspecified atom stereocenters. The smallest absolute Gasteiger partial charge is 0.224 e. The fourth-order valence-corrected chi connectivity index (χ4v) is 3.71. The number of ketones is 1. The van der Waals surface area contributed by atoms with Crippen LogP contribution in [0.5, 0.6) is 5.75 Å². The number of amides is 1. The molecule has 0 N–H and O–H groups in total. The van der Waals surface area contributed by atoms with Gasteiger partial charge in [-0.3, -0.25) is 9.59 Å². The number of imidazole rings is 1. The molecule has 3 rings (SSSR count). The van der Waals surface area contributed by atoms with E-state index in [2.05, 4.69) is 4.98 Å². The first-order chi connectivity index (χ1) is 13.5. The van der Waals surface area contributed by atoms with Gasteiger partial charge >= 0.3 is 0 Å². The zero-order chi connectivity index (χ0) is 20.1. The maximum atomic E-state index is 13.9. The van der Waals surface area contributed by atoms with E-state index in [1.807, 2.05) is 17.7 Å². The van der Waals surface area contributed by atoms with Crippen LogP contribution in [0, 0.1) is 11.7 Å². The molecule has 1 aliphatic rings. The van der Waals surface area contributed by atoms with Crippen LogP contribution in [-0.4, -0.2) is 46.3 Å². The van der Waals surface area contributed by atoms with Crippen LogP contribution in [0.4, 0.5) is 4.39 Å². The van der Waals surface area contributed by atoms with Crippen LogP contribution >= 0.6 is 0 Å². The van der Waals surface area contributed by atoms with Gasteiger partial charge in [-0.25, -0.2) is 9.37 Å². The van der Waals surface area contributed by atoms with Crippen LogP contribution in [-0.2, 0) is 17.8 Å². The summed E-state index contributed by atoms with van der Waals surface area (Å²) < 4.78 is 20.8. The number of rotatable bonds is 7. The Morgan fingerprint density at radius 1 is 1.36 bits per heavy atom. The lowest BCUT2D eigenvalue weighted by molar-refractivity contribution is -0.132. The monoisotopic (exact) mass is 387 g/mol. The maximum Gasteiger partial charge on any atom is 0.224 e. The van der Waals surface area contributed by atoms with Gasteiger partial charge in [0, 0.05) is 56.4 Å². The molecular formula is C21H26FN3O3. The minimum atomic E-state index is -0.552. The molecule has 1 aromatic heterocycles. The number of hydrogen-bond donors (Lipinski definition) is 0. The number of carbonyl (C=O) groups excluding carboxylic acids is 2. The van der Waals surface area contributed by atoms with Gasteiger partial charge < -0.3 is 14.2 Å². The average molecular weight is 387 g/mol. The fourth-order valence-electron chi connectivity index (χ4n) is 3.71. The number of nitrogens with zero attached hydrogens (tertiary/aromatic N) is 3. The number of carbonyl (C=O) groups is 2. The number of ether oxygens (including phenoxy) is 1. The van der Waals surface area contributed by atoms with Gasteiger partial charge in [-0.15, -0.1) is 0 Å². The third kappa shape index (κ3) is 4.40. The van der Waals surface area contributed by atoms with Crippen molar-refractivity contribution in [2.75, 3.05) is 20.2 Å². The quantitative estimate of drug-likeness (QED) is 0.685. The molecule has 7 heteroatoms. The molecule has 0 bridgehead atoms. The number of aryl methyl sites for hydroxylation is 2. The SMILES string of the molecule is CCc1nccn1CCC(=O)N1CCC[C@@H](C(=O)c2ccc(OC)c(F)c2)C1. The Morgan fingerprint density at radius 2 is 2.18 bits per heavy atom. The van der Waals surface area contributed by atoms with Crippen molar-refractivity contribution in [3.63, 3.8) is 0 Å². The Morgan fingerprint density at radius 3 is 2.89 bits per heavy atom. The van der Waals surface area contributed by atoms with Gasteiger partial charge in [0.1, 0.15) is 5.82 Å². The molecule has 1 aliphatic heterocycles. The zero-order valence-corrected chi connectivity index (χ0v) is 16.4. The molecular weight excluding hydrogens is 361 g/mol. The predicted molar refractivity (Wildman–Crippen MR) is 103 cm³/mol. The lowest BCUT2D eigenvalue weighted by Crippen LogP contribution is -2.42. The molecule has 1 amide bonds. The molecule has 1 saturated heterocycles. The second-order valence-corrected chi connectivity index (χ2v) is 7.03. The Labute approximate surface area is 164 Å². The lowest BCUT2D eigenvalue weighted by atomic mass is 9.89. The van der Waals surface area contributed by atoms with E-state index in [0.717, 1.165) is 18.7 Å². The van der Waals surface area contributed by atoms with Crippen molar-refractivity contribution < 1.29 is 18.7 Å². The Balaban J connectivity index is 1.60. The molecule has 0 spiro atoms. The molecule has 2 heterocycles. The van der Waals surface area contributed by atoms with Crippen molar-refractivity contribution in [1.29, 1.82) is 0 Å². The van der Waals surface area contributed by atoms with E-state index in [4.69, 9.17) is 4.74 Å². The van der Waals surface area contributed by atoms with Crippen LogP contribution in [0.1, 0.15) is 42.4 Å². The van der Waals surface area contributed by atoms with E-state index in [-0.39, 0.29) is 23.4 Å². The van der Waals surface area contributed by atoms with Crippen molar-refractivity contribution in [2.45, 2.75) is 39.2 Å². The highest BCUT2D eigenvalue weighted by molar-refractivity contribution is 5.98. The number of aromatic nitrogens is 2. The highest BCUT2D eigenvalue weighted by Gasteiger charge is 2.29. The molecule has 0 aliphatic carbocycles. The number of benzene rings is 1. The number of Topliss-reactive ketones (excluding diaryl/α,β-unsaturated/α-hetero) is 1. The summed E-state index contributed by atoms with van der Waals surface area (Å²) >= 11 is 0. The van der Waals surface area contributed by atoms with Crippen molar-refractivity contribution in [2.24, 2.45) is 5.92 Å². The molecule has 0 saturated carbocycles. The number of halogens is 1. The molecule has 1 fully saturated rings. The van der Waals surface area contributed by atoms with E-state index in [9.17, 15) is 14.0 Å². The number of hydrogen-bond acceptors (Lipinski definition) is 4. The normalized spacial score (nSPS) is 16.8. The number of likely N-dealkylation sites (tertiary alicyclic amines) is 1. The number of piperidine rings is 1. The number of methoxy groups -OCH3 is 1. The van der Waals surface area contributed by atoms with Crippen molar-refractivity contribution >= 4 is 11.7 Å². The Bertz CT molecular complexity index is 849. The summed E-state index contributed by atoms with van der Waals surface area (Å²) in [6.45, 7) is 3.66. The maximum absolute atomic E-state index is 13.9. The summed E-state index contributed by atoms with van der Waals surface area (Å²) in [5.41, 5.74) is 0.323. The van der Waals surface area contributed by atoms with Gasteiger partial charge in [-0.2, -0.15) is 0 Å². The first-order valence-electron chi connectivity index (χ1n) is 9.69. The van der Waals surface area contributed by atoms with Crippen LogP contribution in [0.2, 0.25) is 0 Å². The lowest BCUT2D eigenvalue weighted by Gasteiger charge is -2.32. The van der Waals surface area contributed by atoms with Gasteiger partial charge in [0.25, 0.3) is 0 Å². The fraction of sp³-hybridized carbons (Fsp3) is 0.476. The first kappa shape index (κ1) is 20.0. The second-order valence-electron chi connectivity index (χ2n) is 7.03. The molecule has 1 aromatic carbocycles. The largest absolute Gasteiger partial charge is 0.494 e. The van der Waals surface area contributed by atoms with Gasteiger partial charge in [-0.05, 0) is 31.0 Å². The van der Waals surface area contributed by atoms with Crippen LogP contribution in [0.15, 0.2) is 30.6 Å². The standard InChI is InChI=1S/C21H26FN3O3/c1-3-19-23-9-12-24(19)11-8-20(26)25-10-4-5-16(14-25)21(27)15-6-7-18(28-2)17(22)13-15/h6-7,9,12-13,16H,3-5,8,10-11,14H2,1-2H3/t16-/m1/s1. The van der Waals surface area contributed by atoms with Crippen LogP contribution in [0.3, 0.4) is 0 Å². The summed E-state index contributed by atoms with van der Waals surface area (Å²) in [6, 6.07) is 4.26. The molecule has 2 aromatic rings. The average Bonchev–Trinajstić information content (AvgIpc) is 3.19. The van der Waals surface area contributed by atoms with Gasteiger partial charge in [0.2, 0.25) is 5.91 Å². The summed E-state index contributed by atoms with van der Waals surface area (Å²) in [5, 5.41) is 0. The minimum Gasteiger partial charge on any atom is -0.494 e. The minimum absolute atomic E-state index is 0.0363. The molecule has 1 atom stereocenters. The summed E-state index contributed by atoms with van der Waals surface area (Å²) in [5.74, 6) is 0.133. The van der Waals surface area contributed by atoms with E-state index < -0.39 is 5.82 Å². The topological polar surface area (TPSA) is 64.4 Å². The van der Waals surface area contributed by atoms with E-state index in [1.54, 1.807) is 17.2 Å². The van der Waals surface area contributed by atoms with E-state index >= 15 is 0 Å². The first-order valence-corrected chi connectivity index (χ1v) is 9.69. The summed E-state index contributed by atoms with van der Waals surface area (Å²) in [6.07, 6.45) is 6.30. The third-order valence-electron chi connectivity index (χ3n) is 5.27. The van der Waals surface area contributed by atoms with Crippen molar-refractivity contribution in [3.05, 3.63) is 47.8 Å². The zero-order valence-electron chi connectivity index (χ0n) is 16.4. The molecule has 6 nitrogen and oxygen atoms in total. The third-order valence-corrected chi connectivity index (χ3v) is 5.27. The summed E-state index contributed by atoms with van der Waals surface area (Å²) in [7, 11) is 1.39. The second kappa shape index (κ2) is 8.99. The highest BCUT2D eigenvalue weighted by Crippen LogP contribution is 2.24. The van der Waals surface area contributed by atoms with Crippen LogP contribution < -0.4 is 4.74 Å². The molecule has 0 radical (unpaired) electrons. The Kier molecular flexibility index (Phi) is 6.44. The van der Waals surface area contributed by atoms with E-state index in [0.29, 0.717) is 38.0 Å². The summed E-state index contributed by atoms with van der Waals surface area (Å²) in [4.78, 5) is 31.5. The molecule has 150 valence electrons. The van der Waals surface area contributed by atoms with Gasteiger partial charge in [0.05, 0.1) is 7.11 Å².